The SMILES string of the molecule is C=C/C=C(\C(=C)C#N)N1CCN(C(C)c2cc(Br)c(C)cc2C)CC1. The van der Waals surface area contributed by atoms with E-state index in [0.717, 1.165) is 31.9 Å². The van der Waals surface area contributed by atoms with Crippen molar-refractivity contribution in [3.8, 4) is 6.07 Å². The van der Waals surface area contributed by atoms with Crippen molar-refractivity contribution in [2.75, 3.05) is 26.2 Å². The molecule has 0 saturated carbocycles. The number of nitriles is 1. The van der Waals surface area contributed by atoms with Crippen molar-refractivity contribution < 1.29 is 0 Å². The Bertz CT molecular complexity index is 734. The van der Waals surface area contributed by atoms with Crippen LogP contribution in [-0.4, -0.2) is 36.0 Å². The van der Waals surface area contributed by atoms with Gasteiger partial charge < -0.3 is 4.90 Å². The monoisotopic (exact) mass is 399 g/mol. The van der Waals surface area contributed by atoms with Gasteiger partial charge in [-0.2, -0.15) is 5.26 Å². The number of hydrogen-bond donors (Lipinski definition) is 0. The van der Waals surface area contributed by atoms with E-state index in [-0.39, 0.29) is 0 Å². The molecule has 1 aliphatic heterocycles. The predicted molar refractivity (Wildman–Crippen MR) is 108 cm³/mol. The highest BCUT2D eigenvalue weighted by molar-refractivity contribution is 9.10. The number of allylic oxidation sites excluding steroid dienone is 3. The zero-order valence-corrected chi connectivity index (χ0v) is 16.9. The van der Waals surface area contributed by atoms with E-state index in [1.54, 1.807) is 6.08 Å². The second-order valence-corrected chi connectivity index (χ2v) is 7.39. The van der Waals surface area contributed by atoms with Gasteiger partial charge in [0, 0.05) is 36.7 Å². The smallest absolute Gasteiger partial charge is 0.101 e. The first-order valence-corrected chi connectivity index (χ1v) is 9.36. The third-order valence-electron chi connectivity index (χ3n) is 4.92. The summed E-state index contributed by atoms with van der Waals surface area (Å²) in [6, 6.07) is 7.02. The summed E-state index contributed by atoms with van der Waals surface area (Å²) >= 11 is 3.66. The lowest BCUT2D eigenvalue weighted by Crippen LogP contribution is -2.46. The molecule has 25 heavy (non-hydrogen) atoms. The lowest BCUT2D eigenvalue weighted by molar-refractivity contribution is 0.124. The Kier molecular flexibility index (Phi) is 6.64. The number of halogens is 1. The van der Waals surface area contributed by atoms with E-state index in [9.17, 15) is 0 Å². The van der Waals surface area contributed by atoms with Gasteiger partial charge in [-0.1, -0.05) is 41.2 Å². The van der Waals surface area contributed by atoms with Crippen molar-refractivity contribution in [2.45, 2.75) is 26.8 Å². The molecule has 4 heteroatoms. The largest absolute Gasteiger partial charge is 0.368 e. The van der Waals surface area contributed by atoms with Gasteiger partial charge in [0.15, 0.2) is 0 Å². The van der Waals surface area contributed by atoms with Crippen LogP contribution in [0.5, 0.6) is 0 Å². The zero-order chi connectivity index (χ0) is 18.6. The lowest BCUT2D eigenvalue weighted by Gasteiger charge is -2.40. The van der Waals surface area contributed by atoms with E-state index in [1.807, 2.05) is 6.08 Å². The van der Waals surface area contributed by atoms with Crippen LogP contribution in [0.4, 0.5) is 0 Å². The van der Waals surface area contributed by atoms with Crippen LogP contribution in [0.25, 0.3) is 0 Å². The molecule has 132 valence electrons. The number of rotatable bonds is 5. The van der Waals surface area contributed by atoms with Crippen LogP contribution in [0.3, 0.4) is 0 Å². The quantitative estimate of drug-likeness (QED) is 0.521. The predicted octanol–water partition coefficient (Wildman–Crippen LogP) is 4.89. The van der Waals surface area contributed by atoms with Crippen molar-refractivity contribution in [1.29, 1.82) is 5.26 Å². The molecule has 3 nitrogen and oxygen atoms in total. The lowest BCUT2D eigenvalue weighted by atomic mass is 9.98. The number of piperazine rings is 1. The fraction of sp³-hybridized carbons (Fsp3) is 0.381. The summed E-state index contributed by atoms with van der Waals surface area (Å²) in [6.07, 6.45) is 3.60. The highest BCUT2D eigenvalue weighted by Gasteiger charge is 2.25. The fourth-order valence-corrected chi connectivity index (χ4v) is 3.76. The first kappa shape index (κ1) is 19.5. The molecule has 0 N–H and O–H groups in total. The molecule has 1 atom stereocenters. The summed E-state index contributed by atoms with van der Waals surface area (Å²) in [5.41, 5.74) is 5.36. The third kappa shape index (κ3) is 4.42. The molecular formula is C21H26BrN3. The summed E-state index contributed by atoms with van der Waals surface area (Å²) in [5, 5.41) is 9.16. The zero-order valence-electron chi connectivity index (χ0n) is 15.3. The van der Waals surface area contributed by atoms with Gasteiger partial charge in [0.2, 0.25) is 0 Å². The Morgan fingerprint density at radius 1 is 1.24 bits per heavy atom. The Morgan fingerprint density at radius 3 is 2.44 bits per heavy atom. The summed E-state index contributed by atoms with van der Waals surface area (Å²) in [6.45, 7) is 17.9. The standard InChI is InChI=1S/C21H26BrN3/c1-6-7-21(17(4)14-23)25-10-8-24(9-11-25)18(5)19-13-20(22)16(3)12-15(19)2/h6-7,12-13,18H,1,4,8-11H2,2-3,5H3/b21-7+. The number of hydrogen-bond acceptors (Lipinski definition) is 3. The molecule has 1 aromatic carbocycles. The highest BCUT2D eigenvalue weighted by Crippen LogP contribution is 2.30. The average molecular weight is 400 g/mol. The van der Waals surface area contributed by atoms with Crippen LogP contribution in [0.1, 0.15) is 29.7 Å². The number of nitrogens with zero attached hydrogens (tertiary/aromatic N) is 3. The van der Waals surface area contributed by atoms with Crippen LogP contribution in [-0.2, 0) is 0 Å². The minimum absolute atomic E-state index is 0.366. The number of aryl methyl sites for hydroxylation is 2. The maximum absolute atomic E-state index is 9.16. The topological polar surface area (TPSA) is 30.3 Å². The van der Waals surface area contributed by atoms with Gasteiger partial charge in [-0.25, -0.2) is 0 Å². The number of benzene rings is 1. The van der Waals surface area contributed by atoms with Gasteiger partial charge in [-0.15, -0.1) is 0 Å². The molecule has 0 aromatic heterocycles. The van der Waals surface area contributed by atoms with Crippen molar-refractivity contribution in [3.05, 3.63) is 69.9 Å². The van der Waals surface area contributed by atoms with E-state index < -0.39 is 0 Å². The molecule has 0 spiro atoms. The molecule has 0 radical (unpaired) electrons. The first-order chi connectivity index (χ1) is 11.9. The average Bonchev–Trinajstić information content (AvgIpc) is 2.61. The van der Waals surface area contributed by atoms with Gasteiger partial charge >= 0.3 is 0 Å². The Balaban J connectivity index is 2.11. The van der Waals surface area contributed by atoms with Crippen LogP contribution in [0.2, 0.25) is 0 Å². The minimum atomic E-state index is 0.366. The molecule has 1 saturated heterocycles. The molecule has 2 rings (SSSR count). The van der Waals surface area contributed by atoms with Crippen molar-refractivity contribution >= 4 is 15.9 Å². The summed E-state index contributed by atoms with van der Waals surface area (Å²) in [7, 11) is 0. The molecule has 0 amide bonds. The molecule has 1 aromatic rings. The van der Waals surface area contributed by atoms with Gasteiger partial charge in [-0.05, 0) is 49.6 Å². The second kappa shape index (κ2) is 8.51. The van der Waals surface area contributed by atoms with Crippen LogP contribution in [0.15, 0.2) is 53.2 Å². The van der Waals surface area contributed by atoms with Gasteiger partial charge in [0.1, 0.15) is 6.07 Å². The van der Waals surface area contributed by atoms with E-state index in [4.69, 9.17) is 5.26 Å². The normalized spacial score (nSPS) is 17.1. The van der Waals surface area contributed by atoms with Gasteiger partial charge in [0.05, 0.1) is 11.3 Å². The highest BCUT2D eigenvalue weighted by atomic mass is 79.9. The van der Waals surface area contributed by atoms with E-state index in [1.165, 1.54) is 21.2 Å². The summed E-state index contributed by atoms with van der Waals surface area (Å²) < 4.78 is 1.17. The Morgan fingerprint density at radius 2 is 1.88 bits per heavy atom. The summed E-state index contributed by atoms with van der Waals surface area (Å²) in [5.74, 6) is 0. The van der Waals surface area contributed by atoms with Crippen molar-refractivity contribution in [2.24, 2.45) is 0 Å². The van der Waals surface area contributed by atoms with Crippen molar-refractivity contribution in [1.82, 2.24) is 9.80 Å². The maximum atomic E-state index is 9.16. The van der Waals surface area contributed by atoms with E-state index >= 15 is 0 Å². The molecular weight excluding hydrogens is 374 g/mol. The molecule has 0 bridgehead atoms. The second-order valence-electron chi connectivity index (χ2n) is 6.53. The summed E-state index contributed by atoms with van der Waals surface area (Å²) in [4.78, 5) is 4.73. The first-order valence-electron chi connectivity index (χ1n) is 8.56. The molecule has 0 aliphatic carbocycles. The maximum Gasteiger partial charge on any atom is 0.101 e. The third-order valence-corrected chi connectivity index (χ3v) is 5.77. The van der Waals surface area contributed by atoms with Crippen molar-refractivity contribution in [3.63, 3.8) is 0 Å². The molecule has 1 aliphatic rings. The minimum Gasteiger partial charge on any atom is -0.368 e. The molecule has 1 unspecified atom stereocenters. The molecule has 1 heterocycles. The van der Waals surface area contributed by atoms with E-state index in [2.05, 4.69) is 77.9 Å². The Hall–Kier alpha value is -1.83. The van der Waals surface area contributed by atoms with Crippen LogP contribution >= 0.6 is 15.9 Å². The van der Waals surface area contributed by atoms with Crippen LogP contribution in [0, 0.1) is 25.2 Å². The molecule has 1 fully saturated rings. The van der Waals surface area contributed by atoms with Crippen LogP contribution < -0.4 is 0 Å². The van der Waals surface area contributed by atoms with E-state index in [0.29, 0.717) is 11.6 Å². The fourth-order valence-electron chi connectivity index (χ4n) is 3.40. The Labute approximate surface area is 160 Å². The van der Waals surface area contributed by atoms with Gasteiger partial charge in [-0.3, -0.25) is 4.90 Å². The van der Waals surface area contributed by atoms with Gasteiger partial charge in [0.25, 0.3) is 0 Å².